The standard InChI is InChI=1S/C59H113NO5/c1-4-7-10-13-16-19-22-25-27-28-29-30-31-34-37-40-43-46-49-52-59(64)65-55(50-47-44-41-38-35-32-24-21-18-15-12-9-6-3)53-58(63)60-56(54-61)57(62)51-48-45-42-39-36-33-26-23-20-17-14-11-8-5-2/h18,21,24,32,55-57,61-62H,4-17,19-20,22-23,25-31,33-54H2,1-3H3,(H,60,63)/b21-18+,32-24+. The number of carbonyl (C=O) groups excluding carboxylic acids is 2. The molecule has 0 aliphatic heterocycles. The van der Waals surface area contributed by atoms with Crippen LogP contribution in [0.3, 0.4) is 0 Å². The Morgan fingerprint density at radius 1 is 0.446 bits per heavy atom. The van der Waals surface area contributed by atoms with Crippen LogP contribution in [0.25, 0.3) is 0 Å². The maximum Gasteiger partial charge on any atom is 0.306 e. The molecule has 3 N–H and O–H groups in total. The van der Waals surface area contributed by atoms with E-state index in [1.807, 2.05) is 0 Å². The van der Waals surface area contributed by atoms with E-state index in [0.717, 1.165) is 70.6 Å². The molecule has 0 aromatic carbocycles. The smallest absolute Gasteiger partial charge is 0.306 e. The third-order valence-corrected chi connectivity index (χ3v) is 13.6. The minimum absolute atomic E-state index is 0.0698. The Morgan fingerprint density at radius 3 is 1.17 bits per heavy atom. The Kier molecular flexibility index (Phi) is 51.9. The Morgan fingerprint density at radius 2 is 0.769 bits per heavy atom. The molecule has 3 atom stereocenters. The normalized spacial score (nSPS) is 13.2. The Labute approximate surface area is 405 Å². The lowest BCUT2D eigenvalue weighted by atomic mass is 10.0. The van der Waals surface area contributed by atoms with Crippen LogP contribution in [0.2, 0.25) is 0 Å². The molecule has 0 fully saturated rings. The summed E-state index contributed by atoms with van der Waals surface area (Å²) in [5.74, 6) is -0.475. The van der Waals surface area contributed by atoms with Crippen LogP contribution < -0.4 is 5.32 Å². The zero-order valence-electron chi connectivity index (χ0n) is 43.9. The van der Waals surface area contributed by atoms with Gasteiger partial charge in [0.2, 0.25) is 5.91 Å². The van der Waals surface area contributed by atoms with Gasteiger partial charge < -0.3 is 20.3 Å². The van der Waals surface area contributed by atoms with Crippen molar-refractivity contribution in [3.8, 4) is 0 Å². The van der Waals surface area contributed by atoms with Gasteiger partial charge in [-0.15, -0.1) is 0 Å². The van der Waals surface area contributed by atoms with E-state index in [2.05, 4.69) is 50.4 Å². The molecule has 0 bridgehead atoms. The highest BCUT2D eigenvalue weighted by molar-refractivity contribution is 5.77. The fraction of sp³-hybridized carbons (Fsp3) is 0.898. The Hall–Kier alpha value is -1.66. The van der Waals surface area contributed by atoms with Crippen molar-refractivity contribution in [2.45, 2.75) is 334 Å². The van der Waals surface area contributed by atoms with Gasteiger partial charge in [0.25, 0.3) is 0 Å². The number of allylic oxidation sites excluding steroid dienone is 4. The summed E-state index contributed by atoms with van der Waals surface area (Å²) in [4.78, 5) is 26.3. The second-order valence-corrected chi connectivity index (χ2v) is 20.1. The fourth-order valence-corrected chi connectivity index (χ4v) is 9.13. The Bertz CT molecular complexity index is 1030. The second-order valence-electron chi connectivity index (χ2n) is 20.1. The number of esters is 1. The van der Waals surface area contributed by atoms with Gasteiger partial charge in [0.15, 0.2) is 0 Å². The highest BCUT2D eigenvalue weighted by atomic mass is 16.5. The summed E-state index contributed by atoms with van der Waals surface area (Å²) in [5.41, 5.74) is 0. The number of carbonyl (C=O) groups is 2. The summed E-state index contributed by atoms with van der Waals surface area (Å²) in [5, 5.41) is 23.9. The van der Waals surface area contributed by atoms with Gasteiger partial charge in [-0.2, -0.15) is 0 Å². The zero-order valence-corrected chi connectivity index (χ0v) is 43.9. The van der Waals surface area contributed by atoms with Crippen LogP contribution in [-0.2, 0) is 14.3 Å². The maximum absolute atomic E-state index is 13.2. The van der Waals surface area contributed by atoms with Crippen molar-refractivity contribution in [3.63, 3.8) is 0 Å². The first-order chi connectivity index (χ1) is 32.0. The predicted molar refractivity (Wildman–Crippen MR) is 283 cm³/mol. The average molecular weight is 917 g/mol. The SMILES string of the molecule is CCCCC/C=C/C=C/CCCCCCC(CC(=O)NC(CO)C(O)CCCCCCCCCCCCCCCC)OC(=O)CCCCCCCCCCCCCCCCCCCCC. The van der Waals surface area contributed by atoms with Crippen LogP contribution >= 0.6 is 0 Å². The van der Waals surface area contributed by atoms with Crippen LogP contribution in [0.4, 0.5) is 0 Å². The number of aliphatic hydroxyl groups is 2. The number of amides is 1. The van der Waals surface area contributed by atoms with Crippen molar-refractivity contribution in [2.24, 2.45) is 0 Å². The maximum atomic E-state index is 13.2. The quantitative estimate of drug-likeness (QED) is 0.0321. The summed E-state index contributed by atoms with van der Waals surface area (Å²) >= 11 is 0. The number of ether oxygens (including phenoxy) is 1. The first kappa shape index (κ1) is 63.3. The molecule has 0 rings (SSSR count). The highest BCUT2D eigenvalue weighted by Crippen LogP contribution is 2.19. The predicted octanol–water partition coefficient (Wildman–Crippen LogP) is 17.9. The first-order valence-electron chi connectivity index (χ1n) is 29.1. The molecule has 6 nitrogen and oxygen atoms in total. The average Bonchev–Trinajstić information content (AvgIpc) is 3.30. The van der Waals surface area contributed by atoms with Crippen LogP contribution in [0.5, 0.6) is 0 Å². The molecule has 0 aliphatic rings. The van der Waals surface area contributed by atoms with Crippen molar-refractivity contribution in [1.82, 2.24) is 5.32 Å². The van der Waals surface area contributed by atoms with Gasteiger partial charge in [-0.1, -0.05) is 276 Å². The lowest BCUT2D eigenvalue weighted by molar-refractivity contribution is -0.151. The van der Waals surface area contributed by atoms with Gasteiger partial charge >= 0.3 is 5.97 Å². The highest BCUT2D eigenvalue weighted by Gasteiger charge is 2.24. The zero-order chi connectivity index (χ0) is 47.4. The van der Waals surface area contributed by atoms with Crippen molar-refractivity contribution in [2.75, 3.05) is 6.61 Å². The molecule has 6 heteroatoms. The molecular formula is C59H113NO5. The van der Waals surface area contributed by atoms with Crippen molar-refractivity contribution in [1.29, 1.82) is 0 Å². The van der Waals surface area contributed by atoms with E-state index in [0.29, 0.717) is 19.3 Å². The van der Waals surface area contributed by atoms with Crippen LogP contribution in [-0.4, -0.2) is 46.9 Å². The monoisotopic (exact) mass is 916 g/mol. The number of unbranched alkanes of at least 4 members (excludes halogenated alkanes) is 38. The van der Waals surface area contributed by atoms with Gasteiger partial charge in [0, 0.05) is 6.42 Å². The van der Waals surface area contributed by atoms with Crippen molar-refractivity contribution in [3.05, 3.63) is 24.3 Å². The first-order valence-corrected chi connectivity index (χ1v) is 29.1. The lowest BCUT2D eigenvalue weighted by Crippen LogP contribution is -2.46. The van der Waals surface area contributed by atoms with Crippen molar-refractivity contribution < 1.29 is 24.5 Å². The summed E-state index contributed by atoms with van der Waals surface area (Å²) in [6.45, 7) is 6.49. The van der Waals surface area contributed by atoms with Gasteiger partial charge in [-0.05, 0) is 51.4 Å². The molecule has 0 radical (unpaired) electrons. The molecule has 1 amide bonds. The van der Waals surface area contributed by atoms with E-state index in [1.54, 1.807) is 0 Å². The topological polar surface area (TPSA) is 95.9 Å². The van der Waals surface area contributed by atoms with Gasteiger partial charge in [0.05, 0.1) is 25.2 Å². The van der Waals surface area contributed by atoms with Gasteiger partial charge in [0.1, 0.15) is 6.10 Å². The summed E-state index contributed by atoms with van der Waals surface area (Å²) in [7, 11) is 0. The molecule has 0 aromatic heterocycles. The van der Waals surface area contributed by atoms with Crippen LogP contribution in [0.15, 0.2) is 24.3 Å². The van der Waals surface area contributed by atoms with Crippen LogP contribution in [0, 0.1) is 0 Å². The molecular weight excluding hydrogens is 803 g/mol. The van der Waals surface area contributed by atoms with E-state index in [-0.39, 0.29) is 24.9 Å². The minimum atomic E-state index is -0.790. The largest absolute Gasteiger partial charge is 0.462 e. The van der Waals surface area contributed by atoms with E-state index < -0.39 is 18.2 Å². The summed E-state index contributed by atoms with van der Waals surface area (Å²) in [6.07, 6.45) is 62.5. The molecule has 0 aliphatic carbocycles. The third-order valence-electron chi connectivity index (χ3n) is 13.6. The minimum Gasteiger partial charge on any atom is -0.462 e. The number of hydrogen-bond donors (Lipinski definition) is 3. The van der Waals surface area contributed by atoms with Gasteiger partial charge in [-0.25, -0.2) is 0 Å². The lowest BCUT2D eigenvalue weighted by Gasteiger charge is -2.24. The van der Waals surface area contributed by atoms with E-state index in [9.17, 15) is 19.8 Å². The third kappa shape index (κ3) is 48.6. The van der Waals surface area contributed by atoms with Crippen molar-refractivity contribution >= 4 is 11.9 Å². The van der Waals surface area contributed by atoms with E-state index in [1.165, 1.54) is 199 Å². The van der Waals surface area contributed by atoms with Gasteiger partial charge in [-0.3, -0.25) is 9.59 Å². The molecule has 3 unspecified atom stereocenters. The number of nitrogens with one attached hydrogen (secondary N) is 1. The Balaban J connectivity index is 4.48. The molecule has 0 saturated heterocycles. The molecule has 0 saturated carbocycles. The summed E-state index contributed by atoms with van der Waals surface area (Å²) < 4.78 is 5.95. The van der Waals surface area contributed by atoms with Crippen LogP contribution in [0.1, 0.15) is 316 Å². The molecule has 0 heterocycles. The summed E-state index contributed by atoms with van der Waals surface area (Å²) in [6, 6.07) is -0.704. The number of rotatable bonds is 53. The molecule has 0 aromatic rings. The van der Waals surface area contributed by atoms with E-state index >= 15 is 0 Å². The van der Waals surface area contributed by atoms with E-state index in [4.69, 9.17) is 4.74 Å². The fourth-order valence-electron chi connectivity index (χ4n) is 9.13. The number of hydrogen-bond acceptors (Lipinski definition) is 5. The number of aliphatic hydroxyl groups excluding tert-OH is 2. The molecule has 65 heavy (non-hydrogen) atoms. The second kappa shape index (κ2) is 53.3. The molecule has 384 valence electrons. The molecule has 0 spiro atoms.